The van der Waals surface area contributed by atoms with E-state index in [0.717, 1.165) is 35.5 Å². The van der Waals surface area contributed by atoms with Gasteiger partial charge in [-0.15, -0.1) is 0 Å². The third kappa shape index (κ3) is 3.85. The zero-order valence-electron chi connectivity index (χ0n) is 13.4. The van der Waals surface area contributed by atoms with Gasteiger partial charge in [-0.2, -0.15) is 5.10 Å². The minimum atomic E-state index is 0.123. The molecule has 4 nitrogen and oxygen atoms in total. The normalized spacial score (nSPS) is 12.4. The summed E-state index contributed by atoms with van der Waals surface area (Å²) in [5, 5.41) is 4.45. The molecule has 1 aromatic heterocycles. The fourth-order valence-electron chi connectivity index (χ4n) is 2.45. The van der Waals surface area contributed by atoms with E-state index in [0.29, 0.717) is 6.61 Å². The van der Waals surface area contributed by atoms with E-state index in [2.05, 4.69) is 43.2 Å². The Hall–Kier alpha value is -1.81. The van der Waals surface area contributed by atoms with Crippen LogP contribution in [0.1, 0.15) is 36.4 Å². The van der Waals surface area contributed by atoms with Crippen LogP contribution in [0.2, 0.25) is 0 Å². The Bertz CT molecular complexity index is 602. The molecule has 0 amide bonds. The topological polar surface area (TPSA) is 53.1 Å². The number of nitrogens with two attached hydrogens (primary N) is 1. The number of hydrogen-bond acceptors (Lipinski definition) is 3. The van der Waals surface area contributed by atoms with Gasteiger partial charge in [0.15, 0.2) is 0 Å². The molecule has 4 heteroatoms. The number of aryl methyl sites for hydroxylation is 3. The molecule has 0 spiro atoms. The Labute approximate surface area is 126 Å². The van der Waals surface area contributed by atoms with Gasteiger partial charge < -0.3 is 10.5 Å². The molecule has 0 saturated carbocycles. The maximum absolute atomic E-state index is 6.08. The summed E-state index contributed by atoms with van der Waals surface area (Å²) in [6.07, 6.45) is 1.76. The standard InChI is InChI=1S/C17H25N3O/c1-5-15-10-16(20(4)19-15)11-21-17-12(2)7-6-8-14(17)9-13(3)18/h6-8,10,13H,5,9,11,18H2,1-4H3. The van der Waals surface area contributed by atoms with E-state index in [9.17, 15) is 0 Å². The van der Waals surface area contributed by atoms with Crippen LogP contribution in [0.5, 0.6) is 5.75 Å². The summed E-state index contributed by atoms with van der Waals surface area (Å²) in [5.74, 6) is 0.953. The van der Waals surface area contributed by atoms with Crippen molar-refractivity contribution in [1.29, 1.82) is 0 Å². The SMILES string of the molecule is CCc1cc(COc2c(C)cccc2CC(C)N)n(C)n1. The third-order valence-electron chi connectivity index (χ3n) is 3.59. The lowest BCUT2D eigenvalue weighted by atomic mass is 10.0. The molecular weight excluding hydrogens is 262 g/mol. The molecule has 2 N–H and O–H groups in total. The van der Waals surface area contributed by atoms with Crippen LogP contribution in [0.25, 0.3) is 0 Å². The summed E-state index contributed by atoms with van der Waals surface area (Å²) in [6, 6.07) is 8.44. The Morgan fingerprint density at radius 3 is 2.76 bits per heavy atom. The number of para-hydroxylation sites is 1. The lowest BCUT2D eigenvalue weighted by Gasteiger charge is -2.15. The lowest BCUT2D eigenvalue weighted by Crippen LogP contribution is -2.18. The van der Waals surface area contributed by atoms with Gasteiger partial charge in [0.05, 0.1) is 11.4 Å². The number of rotatable bonds is 6. The molecule has 1 aromatic carbocycles. The average Bonchev–Trinajstić information content (AvgIpc) is 2.78. The largest absolute Gasteiger partial charge is 0.487 e. The van der Waals surface area contributed by atoms with Gasteiger partial charge in [0.1, 0.15) is 12.4 Å². The molecule has 0 aliphatic carbocycles. The molecule has 0 saturated heterocycles. The first kappa shape index (κ1) is 15.6. The molecule has 0 radical (unpaired) electrons. The number of aromatic nitrogens is 2. The fourth-order valence-corrected chi connectivity index (χ4v) is 2.45. The van der Waals surface area contributed by atoms with Gasteiger partial charge in [-0.25, -0.2) is 0 Å². The van der Waals surface area contributed by atoms with Crippen molar-refractivity contribution in [2.24, 2.45) is 12.8 Å². The first-order chi connectivity index (χ1) is 10.0. The Balaban J connectivity index is 2.17. The van der Waals surface area contributed by atoms with E-state index in [-0.39, 0.29) is 6.04 Å². The predicted octanol–water partition coefficient (Wildman–Crippen LogP) is 2.76. The maximum atomic E-state index is 6.08. The molecule has 0 aliphatic heterocycles. The smallest absolute Gasteiger partial charge is 0.130 e. The highest BCUT2D eigenvalue weighted by atomic mass is 16.5. The van der Waals surface area contributed by atoms with Crippen molar-refractivity contribution in [3.8, 4) is 5.75 Å². The molecule has 1 unspecified atom stereocenters. The fraction of sp³-hybridized carbons (Fsp3) is 0.471. The highest BCUT2D eigenvalue weighted by molar-refractivity contribution is 5.41. The van der Waals surface area contributed by atoms with Crippen molar-refractivity contribution in [3.05, 3.63) is 46.8 Å². The van der Waals surface area contributed by atoms with E-state index in [1.54, 1.807) is 0 Å². The van der Waals surface area contributed by atoms with Crippen LogP contribution in [0, 0.1) is 6.92 Å². The summed E-state index contributed by atoms with van der Waals surface area (Å²) in [6.45, 7) is 6.72. The molecule has 114 valence electrons. The Morgan fingerprint density at radius 1 is 1.38 bits per heavy atom. The number of hydrogen-bond donors (Lipinski definition) is 1. The molecule has 1 heterocycles. The van der Waals surface area contributed by atoms with E-state index >= 15 is 0 Å². The predicted molar refractivity (Wildman–Crippen MR) is 85.5 cm³/mol. The molecule has 0 bridgehead atoms. The molecule has 0 fully saturated rings. The van der Waals surface area contributed by atoms with Crippen molar-refractivity contribution in [2.45, 2.75) is 46.3 Å². The number of ether oxygens (including phenoxy) is 1. The van der Waals surface area contributed by atoms with Gasteiger partial charge in [0, 0.05) is 13.1 Å². The van der Waals surface area contributed by atoms with Gasteiger partial charge in [-0.3, -0.25) is 4.68 Å². The quantitative estimate of drug-likeness (QED) is 0.889. The van der Waals surface area contributed by atoms with Crippen LogP contribution in [0.4, 0.5) is 0 Å². The van der Waals surface area contributed by atoms with E-state index in [1.165, 1.54) is 5.56 Å². The Morgan fingerprint density at radius 2 is 2.14 bits per heavy atom. The van der Waals surface area contributed by atoms with Crippen LogP contribution in [0.3, 0.4) is 0 Å². The summed E-state index contributed by atoms with van der Waals surface area (Å²) in [4.78, 5) is 0. The first-order valence-corrected chi connectivity index (χ1v) is 7.50. The minimum Gasteiger partial charge on any atom is -0.487 e. The number of benzene rings is 1. The zero-order valence-corrected chi connectivity index (χ0v) is 13.4. The van der Waals surface area contributed by atoms with Crippen LogP contribution in [-0.4, -0.2) is 15.8 Å². The van der Waals surface area contributed by atoms with E-state index in [4.69, 9.17) is 10.5 Å². The lowest BCUT2D eigenvalue weighted by molar-refractivity contribution is 0.289. The highest BCUT2D eigenvalue weighted by Crippen LogP contribution is 2.25. The van der Waals surface area contributed by atoms with Gasteiger partial charge in [0.25, 0.3) is 0 Å². The van der Waals surface area contributed by atoms with Crippen molar-refractivity contribution >= 4 is 0 Å². The van der Waals surface area contributed by atoms with Crippen LogP contribution >= 0.6 is 0 Å². The molecule has 2 aromatic rings. The van der Waals surface area contributed by atoms with E-state index < -0.39 is 0 Å². The summed E-state index contributed by atoms with van der Waals surface area (Å²) in [5.41, 5.74) is 10.4. The van der Waals surface area contributed by atoms with Crippen LogP contribution < -0.4 is 10.5 Å². The van der Waals surface area contributed by atoms with Crippen molar-refractivity contribution in [2.75, 3.05) is 0 Å². The average molecular weight is 287 g/mol. The van der Waals surface area contributed by atoms with E-state index in [1.807, 2.05) is 18.7 Å². The number of nitrogens with zero attached hydrogens (tertiary/aromatic N) is 2. The van der Waals surface area contributed by atoms with Crippen molar-refractivity contribution < 1.29 is 4.74 Å². The molecule has 0 aliphatic rings. The van der Waals surface area contributed by atoms with Crippen molar-refractivity contribution in [1.82, 2.24) is 9.78 Å². The summed E-state index contributed by atoms with van der Waals surface area (Å²) in [7, 11) is 1.96. The van der Waals surface area contributed by atoms with Gasteiger partial charge >= 0.3 is 0 Å². The molecule has 1 atom stereocenters. The van der Waals surface area contributed by atoms with Gasteiger partial charge in [-0.05, 0) is 43.9 Å². The van der Waals surface area contributed by atoms with Crippen LogP contribution in [-0.2, 0) is 26.5 Å². The minimum absolute atomic E-state index is 0.123. The molecule has 2 rings (SSSR count). The molecular formula is C17H25N3O. The first-order valence-electron chi connectivity index (χ1n) is 7.50. The van der Waals surface area contributed by atoms with Crippen LogP contribution in [0.15, 0.2) is 24.3 Å². The maximum Gasteiger partial charge on any atom is 0.130 e. The van der Waals surface area contributed by atoms with Gasteiger partial charge in [-0.1, -0.05) is 25.1 Å². The van der Waals surface area contributed by atoms with Crippen molar-refractivity contribution in [3.63, 3.8) is 0 Å². The summed E-state index contributed by atoms with van der Waals surface area (Å²) >= 11 is 0. The second kappa shape index (κ2) is 6.76. The zero-order chi connectivity index (χ0) is 15.4. The third-order valence-corrected chi connectivity index (χ3v) is 3.59. The van der Waals surface area contributed by atoms with Gasteiger partial charge in [0.2, 0.25) is 0 Å². The summed E-state index contributed by atoms with van der Waals surface area (Å²) < 4.78 is 7.97. The second-order valence-corrected chi connectivity index (χ2v) is 5.64. The monoisotopic (exact) mass is 287 g/mol. The highest BCUT2D eigenvalue weighted by Gasteiger charge is 2.11. The second-order valence-electron chi connectivity index (χ2n) is 5.64. The Kier molecular flexibility index (Phi) is 5.02. The molecule has 21 heavy (non-hydrogen) atoms.